The molecule has 0 amide bonds. The van der Waals surface area contributed by atoms with Gasteiger partial charge in [0, 0.05) is 30.3 Å². The molecule has 1 unspecified atom stereocenters. The monoisotopic (exact) mass is 244 g/mol. The van der Waals surface area contributed by atoms with Crippen LogP contribution in [0.4, 0.5) is 4.39 Å². The van der Waals surface area contributed by atoms with Crippen LogP contribution in [-0.2, 0) is 11.8 Å². The van der Waals surface area contributed by atoms with E-state index in [-0.39, 0.29) is 5.82 Å². The van der Waals surface area contributed by atoms with E-state index in [1.807, 2.05) is 31.2 Å². The largest absolute Gasteiger partial charge is 0.330 e. The van der Waals surface area contributed by atoms with Gasteiger partial charge in [0.25, 0.3) is 0 Å². The van der Waals surface area contributed by atoms with Gasteiger partial charge < -0.3 is 5.73 Å². The SMILES string of the molecule is CC(CN)(Cc1ccccn1)c1ccccc1F. The summed E-state index contributed by atoms with van der Waals surface area (Å²) < 4.78 is 13.9. The van der Waals surface area contributed by atoms with Gasteiger partial charge in [-0.1, -0.05) is 31.2 Å². The van der Waals surface area contributed by atoms with E-state index in [4.69, 9.17) is 5.73 Å². The van der Waals surface area contributed by atoms with Crippen molar-refractivity contribution in [3.8, 4) is 0 Å². The topological polar surface area (TPSA) is 38.9 Å². The Morgan fingerprint density at radius 1 is 1.17 bits per heavy atom. The third-order valence-electron chi connectivity index (χ3n) is 3.27. The summed E-state index contributed by atoms with van der Waals surface area (Å²) in [5.74, 6) is -0.207. The van der Waals surface area contributed by atoms with Crippen LogP contribution in [0.2, 0.25) is 0 Å². The molecule has 2 rings (SSSR count). The highest BCUT2D eigenvalue weighted by Crippen LogP contribution is 2.28. The van der Waals surface area contributed by atoms with E-state index in [2.05, 4.69) is 4.98 Å². The predicted octanol–water partition coefficient (Wildman–Crippen LogP) is 2.68. The molecular weight excluding hydrogens is 227 g/mol. The van der Waals surface area contributed by atoms with E-state index in [1.54, 1.807) is 18.3 Å². The molecule has 0 saturated carbocycles. The first-order valence-electron chi connectivity index (χ1n) is 6.01. The number of rotatable bonds is 4. The first-order valence-corrected chi connectivity index (χ1v) is 6.01. The van der Waals surface area contributed by atoms with Gasteiger partial charge >= 0.3 is 0 Å². The molecule has 1 aromatic carbocycles. The van der Waals surface area contributed by atoms with Crippen molar-refractivity contribution >= 4 is 0 Å². The summed E-state index contributed by atoms with van der Waals surface area (Å²) in [7, 11) is 0. The van der Waals surface area contributed by atoms with Crippen LogP contribution in [0.15, 0.2) is 48.7 Å². The van der Waals surface area contributed by atoms with E-state index < -0.39 is 5.41 Å². The average molecular weight is 244 g/mol. The fraction of sp³-hybridized carbons (Fsp3) is 0.267. The molecule has 1 aromatic heterocycles. The lowest BCUT2D eigenvalue weighted by Crippen LogP contribution is -2.35. The van der Waals surface area contributed by atoms with Gasteiger partial charge in [-0.3, -0.25) is 4.98 Å². The van der Waals surface area contributed by atoms with Crippen molar-refractivity contribution in [3.05, 3.63) is 65.7 Å². The van der Waals surface area contributed by atoms with Crippen LogP contribution < -0.4 is 5.73 Å². The molecule has 2 aromatic rings. The number of nitrogens with two attached hydrogens (primary N) is 1. The molecule has 0 aliphatic carbocycles. The second kappa shape index (κ2) is 5.27. The summed E-state index contributed by atoms with van der Waals surface area (Å²) in [5.41, 5.74) is 7.01. The summed E-state index contributed by atoms with van der Waals surface area (Å²) >= 11 is 0. The highest BCUT2D eigenvalue weighted by Gasteiger charge is 2.28. The maximum absolute atomic E-state index is 13.9. The fourth-order valence-electron chi connectivity index (χ4n) is 2.13. The number of hydrogen-bond donors (Lipinski definition) is 1. The molecule has 3 heteroatoms. The number of benzene rings is 1. The van der Waals surface area contributed by atoms with E-state index in [0.29, 0.717) is 18.5 Å². The second-order valence-corrected chi connectivity index (χ2v) is 4.74. The summed E-state index contributed by atoms with van der Waals surface area (Å²) in [6.07, 6.45) is 2.37. The number of pyridine rings is 1. The maximum Gasteiger partial charge on any atom is 0.127 e. The molecule has 1 atom stereocenters. The molecule has 0 radical (unpaired) electrons. The third kappa shape index (κ3) is 2.57. The standard InChI is InChI=1S/C15H17FN2/c1-15(11-17,10-12-6-4-5-9-18-12)13-7-2-3-8-14(13)16/h2-9H,10-11,17H2,1H3. The molecule has 2 nitrogen and oxygen atoms in total. The summed E-state index contributed by atoms with van der Waals surface area (Å²) in [6.45, 7) is 2.35. The van der Waals surface area contributed by atoms with E-state index in [9.17, 15) is 4.39 Å². The first kappa shape index (κ1) is 12.7. The molecule has 0 fully saturated rings. The second-order valence-electron chi connectivity index (χ2n) is 4.74. The molecule has 2 N–H and O–H groups in total. The Hall–Kier alpha value is -1.74. The minimum absolute atomic E-state index is 0.207. The average Bonchev–Trinajstić information content (AvgIpc) is 2.40. The molecule has 0 saturated heterocycles. The third-order valence-corrected chi connectivity index (χ3v) is 3.27. The van der Waals surface area contributed by atoms with Gasteiger partial charge in [-0.25, -0.2) is 4.39 Å². The Morgan fingerprint density at radius 2 is 1.89 bits per heavy atom. The van der Waals surface area contributed by atoms with E-state index >= 15 is 0 Å². The lowest BCUT2D eigenvalue weighted by atomic mass is 9.78. The van der Waals surface area contributed by atoms with Crippen LogP contribution in [0, 0.1) is 5.82 Å². The zero-order chi connectivity index (χ0) is 13.0. The van der Waals surface area contributed by atoms with Crippen molar-refractivity contribution in [1.82, 2.24) is 4.98 Å². The van der Waals surface area contributed by atoms with Gasteiger partial charge in [-0.15, -0.1) is 0 Å². The molecule has 1 heterocycles. The van der Waals surface area contributed by atoms with Crippen LogP contribution in [0.1, 0.15) is 18.2 Å². The zero-order valence-corrected chi connectivity index (χ0v) is 10.4. The van der Waals surface area contributed by atoms with Crippen LogP contribution in [-0.4, -0.2) is 11.5 Å². The Morgan fingerprint density at radius 3 is 2.50 bits per heavy atom. The van der Waals surface area contributed by atoms with Crippen LogP contribution in [0.5, 0.6) is 0 Å². The Balaban J connectivity index is 2.34. The van der Waals surface area contributed by atoms with Crippen molar-refractivity contribution in [3.63, 3.8) is 0 Å². The zero-order valence-electron chi connectivity index (χ0n) is 10.4. The van der Waals surface area contributed by atoms with Crippen molar-refractivity contribution in [2.24, 2.45) is 5.73 Å². The van der Waals surface area contributed by atoms with Crippen molar-refractivity contribution in [2.75, 3.05) is 6.54 Å². The summed E-state index contributed by atoms with van der Waals surface area (Å²) in [4.78, 5) is 4.29. The highest BCUT2D eigenvalue weighted by molar-refractivity contribution is 5.29. The highest BCUT2D eigenvalue weighted by atomic mass is 19.1. The lowest BCUT2D eigenvalue weighted by molar-refractivity contribution is 0.446. The van der Waals surface area contributed by atoms with Crippen molar-refractivity contribution in [1.29, 1.82) is 0 Å². The quantitative estimate of drug-likeness (QED) is 0.898. The Bertz CT molecular complexity index is 513. The molecule has 0 bridgehead atoms. The fourth-order valence-corrected chi connectivity index (χ4v) is 2.13. The van der Waals surface area contributed by atoms with Crippen molar-refractivity contribution in [2.45, 2.75) is 18.8 Å². The van der Waals surface area contributed by atoms with Gasteiger partial charge in [-0.05, 0) is 23.8 Å². The number of nitrogens with zero attached hydrogens (tertiary/aromatic N) is 1. The number of hydrogen-bond acceptors (Lipinski definition) is 2. The normalized spacial score (nSPS) is 14.2. The van der Waals surface area contributed by atoms with Gasteiger partial charge in [0.15, 0.2) is 0 Å². The maximum atomic E-state index is 13.9. The van der Waals surface area contributed by atoms with Crippen LogP contribution >= 0.6 is 0 Å². The van der Waals surface area contributed by atoms with Crippen LogP contribution in [0.25, 0.3) is 0 Å². The van der Waals surface area contributed by atoms with E-state index in [0.717, 1.165) is 5.69 Å². The predicted molar refractivity (Wildman–Crippen MR) is 70.7 cm³/mol. The molecule has 94 valence electrons. The Labute approximate surface area is 107 Å². The molecule has 18 heavy (non-hydrogen) atoms. The molecule has 0 aliphatic rings. The smallest absolute Gasteiger partial charge is 0.127 e. The van der Waals surface area contributed by atoms with Gasteiger partial charge in [0.2, 0.25) is 0 Å². The minimum Gasteiger partial charge on any atom is -0.330 e. The summed E-state index contributed by atoms with van der Waals surface area (Å²) in [6, 6.07) is 12.5. The molecule has 0 aliphatic heterocycles. The summed E-state index contributed by atoms with van der Waals surface area (Å²) in [5, 5.41) is 0. The van der Waals surface area contributed by atoms with E-state index in [1.165, 1.54) is 6.07 Å². The number of aromatic nitrogens is 1. The first-order chi connectivity index (χ1) is 8.65. The Kier molecular flexibility index (Phi) is 3.72. The minimum atomic E-state index is -0.431. The van der Waals surface area contributed by atoms with Gasteiger partial charge in [0.1, 0.15) is 5.82 Å². The van der Waals surface area contributed by atoms with Crippen molar-refractivity contribution < 1.29 is 4.39 Å². The molecular formula is C15H17FN2. The van der Waals surface area contributed by atoms with Gasteiger partial charge in [0.05, 0.1) is 0 Å². The van der Waals surface area contributed by atoms with Gasteiger partial charge in [-0.2, -0.15) is 0 Å². The van der Waals surface area contributed by atoms with Crippen LogP contribution in [0.3, 0.4) is 0 Å². The molecule has 0 spiro atoms. The number of halogens is 1. The lowest BCUT2D eigenvalue weighted by Gasteiger charge is -2.28.